The van der Waals surface area contributed by atoms with E-state index in [2.05, 4.69) is 21.2 Å². The zero-order valence-corrected chi connectivity index (χ0v) is 12.0. The van der Waals surface area contributed by atoms with E-state index in [1.165, 1.54) is 38.6 Å². The molecule has 2 fully saturated rings. The number of rotatable bonds is 1. The number of anilines is 1. The molecule has 4 rings (SSSR count). The minimum absolute atomic E-state index is 0.832. The smallest absolute Gasteiger partial charge is 0.178 e. The molecule has 0 unspecified atom stereocenters. The first-order valence-electron chi connectivity index (χ1n) is 7.75. The van der Waals surface area contributed by atoms with Crippen LogP contribution in [0.15, 0.2) is 12.1 Å². The quantitative estimate of drug-likeness (QED) is 0.799. The van der Waals surface area contributed by atoms with Crippen LogP contribution in [0.5, 0.6) is 0 Å². The Labute approximate surface area is 119 Å². The highest BCUT2D eigenvalue weighted by molar-refractivity contribution is 5.46. The molecule has 2 atom stereocenters. The summed E-state index contributed by atoms with van der Waals surface area (Å²) in [5, 5.41) is 12.9. The minimum atomic E-state index is 0.832. The van der Waals surface area contributed by atoms with Gasteiger partial charge in [0.25, 0.3) is 0 Å². The first kappa shape index (κ1) is 12.1. The fourth-order valence-corrected chi connectivity index (χ4v) is 3.86. The van der Waals surface area contributed by atoms with E-state index in [0.717, 1.165) is 35.7 Å². The van der Waals surface area contributed by atoms with Gasteiger partial charge in [-0.25, -0.2) is 0 Å². The Kier molecular flexibility index (Phi) is 2.86. The van der Waals surface area contributed by atoms with E-state index in [-0.39, 0.29) is 0 Å². The van der Waals surface area contributed by atoms with Crippen LogP contribution in [-0.2, 0) is 0 Å². The van der Waals surface area contributed by atoms with Crippen molar-refractivity contribution < 1.29 is 0 Å². The van der Waals surface area contributed by atoms with Crippen molar-refractivity contribution in [2.45, 2.75) is 39.0 Å². The van der Waals surface area contributed by atoms with Crippen LogP contribution in [0.2, 0.25) is 0 Å². The second-order valence-electron chi connectivity index (χ2n) is 6.25. The Morgan fingerprint density at radius 3 is 2.80 bits per heavy atom. The molecule has 0 spiro atoms. The molecular weight excluding hydrogens is 250 g/mol. The predicted octanol–water partition coefficient (Wildman–Crippen LogP) is 2.45. The van der Waals surface area contributed by atoms with Gasteiger partial charge >= 0.3 is 0 Å². The molecule has 1 saturated carbocycles. The maximum atomic E-state index is 4.71. The van der Waals surface area contributed by atoms with Crippen LogP contribution in [0.4, 0.5) is 5.82 Å². The van der Waals surface area contributed by atoms with Gasteiger partial charge < -0.3 is 4.90 Å². The molecule has 0 aromatic carbocycles. The molecule has 1 saturated heterocycles. The Hall–Kier alpha value is -1.65. The predicted molar refractivity (Wildman–Crippen MR) is 77.8 cm³/mol. The van der Waals surface area contributed by atoms with E-state index in [1.54, 1.807) is 0 Å². The average Bonchev–Trinajstić information content (AvgIpc) is 2.88. The lowest BCUT2D eigenvalue weighted by Gasteiger charge is -2.41. The summed E-state index contributed by atoms with van der Waals surface area (Å²) in [6, 6.07) is 4.11. The molecular formula is C15H21N5. The van der Waals surface area contributed by atoms with Crippen molar-refractivity contribution in [1.29, 1.82) is 0 Å². The highest BCUT2D eigenvalue weighted by atomic mass is 15.4. The normalized spacial score (nSPS) is 26.8. The molecule has 5 heteroatoms. The molecule has 106 valence electrons. The van der Waals surface area contributed by atoms with Crippen molar-refractivity contribution in [1.82, 2.24) is 19.8 Å². The lowest BCUT2D eigenvalue weighted by molar-refractivity contribution is 0.202. The summed E-state index contributed by atoms with van der Waals surface area (Å²) in [4.78, 5) is 2.45. The summed E-state index contributed by atoms with van der Waals surface area (Å²) < 4.78 is 1.85. The van der Waals surface area contributed by atoms with Crippen molar-refractivity contribution in [3.8, 4) is 0 Å². The van der Waals surface area contributed by atoms with Gasteiger partial charge in [0.15, 0.2) is 11.5 Å². The van der Waals surface area contributed by atoms with Crippen LogP contribution in [0, 0.1) is 18.8 Å². The second-order valence-corrected chi connectivity index (χ2v) is 6.25. The van der Waals surface area contributed by atoms with Gasteiger partial charge in [-0.3, -0.25) is 0 Å². The molecule has 2 aromatic rings. The van der Waals surface area contributed by atoms with Gasteiger partial charge in [0.05, 0.1) is 0 Å². The Morgan fingerprint density at radius 1 is 1.05 bits per heavy atom. The third-order valence-corrected chi connectivity index (χ3v) is 5.02. The highest BCUT2D eigenvalue weighted by Gasteiger charge is 2.31. The molecule has 0 N–H and O–H groups in total. The van der Waals surface area contributed by atoms with Crippen molar-refractivity contribution in [2.24, 2.45) is 11.8 Å². The van der Waals surface area contributed by atoms with Crippen molar-refractivity contribution in [3.05, 3.63) is 18.0 Å². The van der Waals surface area contributed by atoms with Crippen LogP contribution in [0.3, 0.4) is 0 Å². The largest absolute Gasteiger partial charge is 0.355 e. The van der Waals surface area contributed by atoms with Crippen molar-refractivity contribution in [3.63, 3.8) is 0 Å². The molecule has 0 amide bonds. The summed E-state index contributed by atoms with van der Waals surface area (Å²) in [7, 11) is 0. The zero-order valence-electron chi connectivity index (χ0n) is 12.0. The summed E-state index contributed by atoms with van der Waals surface area (Å²) >= 11 is 0. The molecule has 1 aliphatic heterocycles. The topological polar surface area (TPSA) is 46.3 Å². The van der Waals surface area contributed by atoms with Crippen molar-refractivity contribution in [2.75, 3.05) is 18.0 Å². The van der Waals surface area contributed by atoms with Crippen LogP contribution < -0.4 is 4.90 Å². The fraction of sp³-hybridized carbons (Fsp3) is 0.667. The lowest BCUT2D eigenvalue weighted by Crippen LogP contribution is -2.42. The Morgan fingerprint density at radius 2 is 1.90 bits per heavy atom. The number of fused-ring (bicyclic) bond motifs is 2. The Balaban J connectivity index is 1.60. The highest BCUT2D eigenvalue weighted by Crippen LogP contribution is 2.37. The van der Waals surface area contributed by atoms with Gasteiger partial charge in [-0.05, 0) is 43.7 Å². The number of nitrogens with zero attached hydrogens (tertiary/aromatic N) is 5. The molecule has 2 aromatic heterocycles. The second kappa shape index (κ2) is 4.72. The number of aryl methyl sites for hydroxylation is 1. The molecule has 1 aliphatic carbocycles. The number of aromatic nitrogens is 4. The first-order chi connectivity index (χ1) is 9.81. The maximum Gasteiger partial charge on any atom is 0.178 e. The fourth-order valence-electron chi connectivity index (χ4n) is 3.86. The SMILES string of the molecule is Cc1nnc2ccc(N3CC[C@H]4CCCC[C@H]4C3)nn12. The number of hydrogen-bond donors (Lipinski definition) is 0. The molecule has 5 nitrogen and oxygen atoms in total. The van der Waals surface area contributed by atoms with E-state index < -0.39 is 0 Å². The van der Waals surface area contributed by atoms with E-state index in [4.69, 9.17) is 5.10 Å². The van der Waals surface area contributed by atoms with Gasteiger partial charge in [0.2, 0.25) is 0 Å². The van der Waals surface area contributed by atoms with E-state index in [9.17, 15) is 0 Å². The van der Waals surface area contributed by atoms with Gasteiger partial charge in [0.1, 0.15) is 5.82 Å². The lowest BCUT2D eigenvalue weighted by atomic mass is 9.75. The summed E-state index contributed by atoms with van der Waals surface area (Å²) in [5.74, 6) is 3.76. The van der Waals surface area contributed by atoms with Crippen molar-refractivity contribution >= 4 is 11.5 Å². The third kappa shape index (κ3) is 1.96. The van der Waals surface area contributed by atoms with Gasteiger partial charge in [-0.1, -0.05) is 19.3 Å². The van der Waals surface area contributed by atoms with E-state index in [1.807, 2.05) is 17.5 Å². The third-order valence-electron chi connectivity index (χ3n) is 5.02. The van der Waals surface area contributed by atoms with E-state index >= 15 is 0 Å². The van der Waals surface area contributed by atoms with E-state index in [0.29, 0.717) is 0 Å². The zero-order chi connectivity index (χ0) is 13.5. The minimum Gasteiger partial charge on any atom is -0.355 e. The average molecular weight is 271 g/mol. The van der Waals surface area contributed by atoms with Crippen LogP contribution in [-0.4, -0.2) is 32.9 Å². The standard InChI is InChI=1S/C15H21N5/c1-11-16-17-14-6-7-15(18-20(11)14)19-9-8-12-4-2-3-5-13(12)10-19/h6-7,12-13H,2-5,8-10H2,1H3/t12-,13+/m1/s1. The summed E-state index contributed by atoms with van der Waals surface area (Å²) in [5.41, 5.74) is 0.832. The number of piperidine rings is 1. The monoisotopic (exact) mass is 271 g/mol. The van der Waals surface area contributed by atoms with Crippen LogP contribution in [0.1, 0.15) is 37.9 Å². The molecule has 0 bridgehead atoms. The molecule has 0 radical (unpaired) electrons. The van der Waals surface area contributed by atoms with Gasteiger partial charge in [-0.2, -0.15) is 4.52 Å². The molecule has 20 heavy (non-hydrogen) atoms. The van der Waals surface area contributed by atoms with Gasteiger partial charge in [0, 0.05) is 13.1 Å². The van der Waals surface area contributed by atoms with Crippen LogP contribution >= 0.6 is 0 Å². The summed E-state index contributed by atoms with van der Waals surface area (Å²) in [6.07, 6.45) is 7.01. The Bertz CT molecular complexity index is 620. The van der Waals surface area contributed by atoms with Gasteiger partial charge in [-0.15, -0.1) is 15.3 Å². The maximum absolute atomic E-state index is 4.71. The molecule has 3 heterocycles. The van der Waals surface area contributed by atoms with Crippen LogP contribution in [0.25, 0.3) is 5.65 Å². The number of hydrogen-bond acceptors (Lipinski definition) is 4. The molecule has 2 aliphatic rings. The summed E-state index contributed by atoms with van der Waals surface area (Å²) in [6.45, 7) is 4.26. The first-order valence-corrected chi connectivity index (χ1v) is 7.75.